The molecule has 4 nitrogen and oxygen atoms in total. The molecule has 0 bridgehead atoms. The van der Waals surface area contributed by atoms with Gasteiger partial charge in [0.1, 0.15) is 6.10 Å². The average molecular weight is 322 g/mol. The molecule has 1 saturated carbocycles. The number of ether oxygens (including phenoxy) is 1. The van der Waals surface area contributed by atoms with Crippen LogP contribution in [0.25, 0.3) is 0 Å². The largest absolute Gasteiger partial charge is 0.391 e. The second-order valence-corrected chi connectivity index (χ2v) is 6.57. The van der Waals surface area contributed by atoms with Gasteiger partial charge >= 0.3 is 6.18 Å². The van der Waals surface area contributed by atoms with Crippen molar-refractivity contribution >= 4 is 5.91 Å². The fraction of sp³-hybridized carbons (Fsp3) is 0.933. The van der Waals surface area contributed by atoms with E-state index in [1.54, 1.807) is 14.1 Å². The van der Waals surface area contributed by atoms with Crippen LogP contribution >= 0.6 is 0 Å². The van der Waals surface area contributed by atoms with Crippen LogP contribution in [0.1, 0.15) is 38.5 Å². The summed E-state index contributed by atoms with van der Waals surface area (Å²) < 4.78 is 44.0. The molecule has 7 heteroatoms. The molecule has 128 valence electrons. The molecule has 0 spiro atoms. The summed E-state index contributed by atoms with van der Waals surface area (Å²) >= 11 is 0. The second-order valence-electron chi connectivity index (χ2n) is 6.57. The topological polar surface area (TPSA) is 41.6 Å². The molecule has 1 heterocycles. The summed E-state index contributed by atoms with van der Waals surface area (Å²) in [5, 5.41) is 3.20. The van der Waals surface area contributed by atoms with Gasteiger partial charge in [0, 0.05) is 26.7 Å². The van der Waals surface area contributed by atoms with Crippen LogP contribution in [0.15, 0.2) is 0 Å². The Morgan fingerprint density at radius 1 is 1.23 bits per heavy atom. The van der Waals surface area contributed by atoms with Crippen molar-refractivity contribution in [2.75, 3.05) is 20.6 Å². The van der Waals surface area contributed by atoms with Gasteiger partial charge in [0.05, 0.1) is 12.0 Å². The number of carbonyl (C=O) groups is 1. The van der Waals surface area contributed by atoms with Crippen LogP contribution in [-0.4, -0.2) is 55.9 Å². The Morgan fingerprint density at radius 2 is 1.95 bits per heavy atom. The molecule has 0 radical (unpaired) electrons. The van der Waals surface area contributed by atoms with Crippen molar-refractivity contribution in [1.82, 2.24) is 10.2 Å². The summed E-state index contributed by atoms with van der Waals surface area (Å²) in [6.07, 6.45) is -1.36. The molecule has 22 heavy (non-hydrogen) atoms. The van der Waals surface area contributed by atoms with Crippen LogP contribution in [-0.2, 0) is 9.53 Å². The van der Waals surface area contributed by atoms with E-state index in [0.29, 0.717) is 19.4 Å². The minimum absolute atomic E-state index is 0.0442. The molecule has 4 atom stereocenters. The molecule has 1 amide bonds. The summed E-state index contributed by atoms with van der Waals surface area (Å²) in [7, 11) is 3.38. The number of hydrogen-bond acceptors (Lipinski definition) is 3. The second kappa shape index (κ2) is 7.17. The zero-order chi connectivity index (χ0) is 16.3. The van der Waals surface area contributed by atoms with Crippen LogP contribution in [0.5, 0.6) is 0 Å². The van der Waals surface area contributed by atoms with Gasteiger partial charge in [-0.05, 0) is 32.1 Å². The summed E-state index contributed by atoms with van der Waals surface area (Å²) in [5.41, 5.74) is 0. The van der Waals surface area contributed by atoms with Crippen LogP contribution in [0.3, 0.4) is 0 Å². The first-order valence-electron chi connectivity index (χ1n) is 7.94. The molecular weight excluding hydrogens is 297 g/mol. The number of likely N-dealkylation sites (N-methyl/N-ethyl adjacent to an activating group) is 1. The number of hydrogen-bond donors (Lipinski definition) is 1. The van der Waals surface area contributed by atoms with E-state index in [9.17, 15) is 18.0 Å². The normalized spacial score (nSPS) is 33.0. The Morgan fingerprint density at radius 3 is 2.59 bits per heavy atom. The van der Waals surface area contributed by atoms with Gasteiger partial charge in [0.2, 0.25) is 0 Å². The van der Waals surface area contributed by atoms with E-state index in [1.807, 2.05) is 0 Å². The van der Waals surface area contributed by atoms with Gasteiger partial charge in [-0.3, -0.25) is 4.79 Å². The van der Waals surface area contributed by atoms with E-state index >= 15 is 0 Å². The number of nitrogens with one attached hydrogen (secondary N) is 1. The highest BCUT2D eigenvalue weighted by Gasteiger charge is 2.42. The first-order valence-corrected chi connectivity index (χ1v) is 7.94. The molecule has 0 aromatic carbocycles. The molecule has 2 fully saturated rings. The van der Waals surface area contributed by atoms with Crippen molar-refractivity contribution in [2.24, 2.45) is 5.92 Å². The molecule has 1 aliphatic carbocycles. The summed E-state index contributed by atoms with van der Waals surface area (Å²) in [4.78, 5) is 13.3. The van der Waals surface area contributed by atoms with Gasteiger partial charge in [-0.1, -0.05) is 6.42 Å². The van der Waals surface area contributed by atoms with Gasteiger partial charge in [-0.2, -0.15) is 13.2 Å². The van der Waals surface area contributed by atoms with Crippen molar-refractivity contribution in [3.8, 4) is 0 Å². The van der Waals surface area contributed by atoms with Gasteiger partial charge < -0.3 is 15.0 Å². The molecule has 1 N–H and O–H groups in total. The van der Waals surface area contributed by atoms with Crippen LogP contribution < -0.4 is 5.32 Å². The number of carbonyl (C=O) groups excluding carboxylic acids is 1. The maximum absolute atomic E-state index is 12.8. The van der Waals surface area contributed by atoms with Gasteiger partial charge in [-0.15, -0.1) is 0 Å². The van der Waals surface area contributed by atoms with Gasteiger partial charge in [0.15, 0.2) is 0 Å². The van der Waals surface area contributed by atoms with E-state index in [0.717, 1.165) is 12.8 Å². The molecule has 0 unspecified atom stereocenters. The third kappa shape index (κ3) is 4.59. The van der Waals surface area contributed by atoms with Crippen molar-refractivity contribution in [3.63, 3.8) is 0 Å². The minimum atomic E-state index is -4.09. The first kappa shape index (κ1) is 17.5. The number of nitrogens with zero attached hydrogens (tertiary/aromatic N) is 1. The van der Waals surface area contributed by atoms with E-state index in [2.05, 4.69) is 5.32 Å². The van der Waals surface area contributed by atoms with Gasteiger partial charge in [0.25, 0.3) is 5.91 Å². The first-order chi connectivity index (χ1) is 10.3. The molecule has 2 aliphatic rings. The quantitative estimate of drug-likeness (QED) is 0.864. The zero-order valence-corrected chi connectivity index (χ0v) is 13.2. The van der Waals surface area contributed by atoms with E-state index in [4.69, 9.17) is 4.74 Å². The summed E-state index contributed by atoms with van der Waals surface area (Å²) in [6.45, 7) is 0.520. The van der Waals surface area contributed by atoms with Crippen molar-refractivity contribution in [2.45, 2.75) is 63.0 Å². The molecule has 0 aromatic rings. The predicted octanol–water partition coefficient (Wildman–Crippen LogP) is 2.33. The molecule has 1 saturated heterocycles. The Bertz CT molecular complexity index is 387. The minimum Gasteiger partial charge on any atom is -0.364 e. The Balaban J connectivity index is 1.74. The van der Waals surface area contributed by atoms with Gasteiger partial charge in [-0.25, -0.2) is 0 Å². The summed E-state index contributed by atoms with van der Waals surface area (Å²) in [6, 6.07) is -0.104. The van der Waals surface area contributed by atoms with Crippen molar-refractivity contribution in [1.29, 1.82) is 0 Å². The highest BCUT2D eigenvalue weighted by molar-refractivity contribution is 5.80. The lowest BCUT2D eigenvalue weighted by atomic mass is 9.85. The van der Waals surface area contributed by atoms with E-state index in [1.165, 1.54) is 4.90 Å². The number of halogens is 3. The Kier molecular flexibility index (Phi) is 5.71. The fourth-order valence-electron chi connectivity index (χ4n) is 3.30. The highest BCUT2D eigenvalue weighted by Crippen LogP contribution is 2.37. The Hall–Kier alpha value is -0.820. The fourth-order valence-corrected chi connectivity index (χ4v) is 3.30. The predicted molar refractivity (Wildman–Crippen MR) is 76.4 cm³/mol. The van der Waals surface area contributed by atoms with Crippen molar-refractivity contribution < 1.29 is 22.7 Å². The molecule has 0 aromatic heterocycles. The molecule has 1 aliphatic heterocycles. The van der Waals surface area contributed by atoms with Crippen LogP contribution in [0.4, 0.5) is 13.2 Å². The highest BCUT2D eigenvalue weighted by atomic mass is 19.4. The van der Waals surface area contributed by atoms with Crippen LogP contribution in [0.2, 0.25) is 0 Å². The summed E-state index contributed by atoms with van der Waals surface area (Å²) in [5.74, 6) is -1.23. The van der Waals surface area contributed by atoms with Crippen molar-refractivity contribution in [3.05, 3.63) is 0 Å². The number of alkyl halides is 3. The number of amides is 1. The SMILES string of the molecule is CN(C)C(=O)[C@@H]1CC[C@H](CN[C@H]2CCC[C@H](C(F)(F)F)C2)O1. The van der Waals surface area contributed by atoms with E-state index < -0.39 is 18.2 Å². The lowest BCUT2D eigenvalue weighted by Crippen LogP contribution is -2.42. The third-order valence-electron chi connectivity index (χ3n) is 4.60. The standard InChI is InChI=1S/C15H25F3N2O2/c1-20(2)14(21)13-7-6-12(22-13)9-19-11-5-3-4-10(8-11)15(16,17)18/h10-13,19H,3-9H2,1-2H3/t10-,11-,12+,13-/m0/s1. The molecule has 2 rings (SSSR count). The number of rotatable bonds is 4. The maximum atomic E-state index is 12.8. The lowest BCUT2D eigenvalue weighted by Gasteiger charge is -2.31. The maximum Gasteiger partial charge on any atom is 0.391 e. The Labute approximate surface area is 129 Å². The smallest absolute Gasteiger partial charge is 0.364 e. The zero-order valence-electron chi connectivity index (χ0n) is 13.2. The molecular formula is C15H25F3N2O2. The monoisotopic (exact) mass is 322 g/mol. The van der Waals surface area contributed by atoms with Crippen LogP contribution in [0, 0.1) is 5.92 Å². The lowest BCUT2D eigenvalue weighted by molar-refractivity contribution is -0.183. The van der Waals surface area contributed by atoms with E-state index in [-0.39, 0.29) is 30.9 Å². The average Bonchev–Trinajstić information content (AvgIpc) is 2.92. The third-order valence-corrected chi connectivity index (χ3v) is 4.60.